The third kappa shape index (κ3) is 7.33. The summed E-state index contributed by atoms with van der Waals surface area (Å²) in [5.74, 6) is -0.207. The Kier molecular flexibility index (Phi) is 9.02. The van der Waals surface area contributed by atoms with Crippen LogP contribution in [0.3, 0.4) is 0 Å². The smallest absolute Gasteiger partial charge is 0.124 e. The minimum absolute atomic E-state index is 0.207. The SMILES string of the molecule is CCNC(CCOCCOC)Cc1cc(F)cc(Br)c1. The van der Waals surface area contributed by atoms with Crippen molar-refractivity contribution < 1.29 is 13.9 Å². The number of nitrogens with one attached hydrogen (secondary N) is 1. The predicted molar refractivity (Wildman–Crippen MR) is 82.6 cm³/mol. The van der Waals surface area contributed by atoms with Gasteiger partial charge >= 0.3 is 0 Å². The maximum absolute atomic E-state index is 13.4. The molecule has 1 atom stereocenters. The lowest BCUT2D eigenvalue weighted by Gasteiger charge is -2.18. The highest BCUT2D eigenvalue weighted by Gasteiger charge is 2.10. The van der Waals surface area contributed by atoms with E-state index in [-0.39, 0.29) is 11.9 Å². The second kappa shape index (κ2) is 10.3. The van der Waals surface area contributed by atoms with Gasteiger partial charge in [0.25, 0.3) is 0 Å². The molecule has 0 aliphatic rings. The molecule has 0 amide bonds. The van der Waals surface area contributed by atoms with Crippen LogP contribution in [0.15, 0.2) is 22.7 Å². The molecule has 1 N–H and O–H groups in total. The standard InChI is InChI=1S/C15H23BrFNO2/c1-3-18-15(4-5-20-7-6-19-2)10-12-8-13(16)11-14(17)9-12/h8-9,11,15,18H,3-7,10H2,1-2H3. The molecule has 1 aromatic rings. The molecule has 3 nitrogen and oxygen atoms in total. The molecular formula is C15H23BrFNO2. The second-order valence-electron chi connectivity index (χ2n) is 4.63. The van der Waals surface area contributed by atoms with Gasteiger partial charge < -0.3 is 14.8 Å². The van der Waals surface area contributed by atoms with E-state index in [2.05, 4.69) is 28.2 Å². The molecule has 0 heterocycles. The van der Waals surface area contributed by atoms with Crippen molar-refractivity contribution in [2.24, 2.45) is 0 Å². The molecule has 0 saturated carbocycles. The maximum atomic E-state index is 13.4. The van der Waals surface area contributed by atoms with E-state index in [1.165, 1.54) is 6.07 Å². The van der Waals surface area contributed by atoms with Crippen molar-refractivity contribution in [2.75, 3.05) is 33.5 Å². The van der Waals surface area contributed by atoms with Gasteiger partial charge in [-0.1, -0.05) is 22.9 Å². The van der Waals surface area contributed by atoms with Gasteiger partial charge in [0.1, 0.15) is 5.82 Å². The molecule has 0 aliphatic carbocycles. The van der Waals surface area contributed by atoms with Crippen LogP contribution in [0, 0.1) is 5.82 Å². The van der Waals surface area contributed by atoms with Gasteiger partial charge in [-0.15, -0.1) is 0 Å². The zero-order chi connectivity index (χ0) is 14.8. The minimum Gasteiger partial charge on any atom is -0.382 e. The van der Waals surface area contributed by atoms with Gasteiger partial charge in [-0.2, -0.15) is 0 Å². The van der Waals surface area contributed by atoms with Gasteiger partial charge in [0.2, 0.25) is 0 Å². The van der Waals surface area contributed by atoms with E-state index in [0.29, 0.717) is 19.8 Å². The molecular weight excluding hydrogens is 325 g/mol. The maximum Gasteiger partial charge on any atom is 0.124 e. The largest absolute Gasteiger partial charge is 0.382 e. The van der Waals surface area contributed by atoms with E-state index in [1.54, 1.807) is 13.2 Å². The molecule has 20 heavy (non-hydrogen) atoms. The molecule has 114 valence electrons. The highest BCUT2D eigenvalue weighted by molar-refractivity contribution is 9.10. The Labute approximate surface area is 129 Å². The lowest BCUT2D eigenvalue weighted by atomic mass is 10.0. The van der Waals surface area contributed by atoms with E-state index < -0.39 is 0 Å². The van der Waals surface area contributed by atoms with E-state index in [4.69, 9.17) is 9.47 Å². The Bertz CT molecular complexity index is 370. The van der Waals surface area contributed by atoms with Gasteiger partial charge in [-0.05, 0) is 43.1 Å². The van der Waals surface area contributed by atoms with Crippen LogP contribution < -0.4 is 5.32 Å². The zero-order valence-electron chi connectivity index (χ0n) is 12.1. The molecule has 1 rings (SSSR count). The second-order valence-corrected chi connectivity index (χ2v) is 5.55. The molecule has 0 fully saturated rings. The summed E-state index contributed by atoms with van der Waals surface area (Å²) in [5, 5.41) is 3.41. The Morgan fingerprint density at radius 3 is 2.70 bits per heavy atom. The van der Waals surface area contributed by atoms with Crippen LogP contribution in [0.1, 0.15) is 18.9 Å². The lowest BCUT2D eigenvalue weighted by Crippen LogP contribution is -2.32. The summed E-state index contributed by atoms with van der Waals surface area (Å²) in [4.78, 5) is 0. The monoisotopic (exact) mass is 347 g/mol. The molecule has 1 aromatic carbocycles. The van der Waals surface area contributed by atoms with Crippen LogP contribution in [0.4, 0.5) is 4.39 Å². The fourth-order valence-corrected chi connectivity index (χ4v) is 2.56. The number of halogens is 2. The van der Waals surface area contributed by atoms with Crippen LogP contribution in [0.25, 0.3) is 0 Å². The zero-order valence-corrected chi connectivity index (χ0v) is 13.7. The number of methoxy groups -OCH3 is 1. The van der Waals surface area contributed by atoms with E-state index in [1.807, 2.05) is 6.07 Å². The first kappa shape index (κ1) is 17.6. The fraction of sp³-hybridized carbons (Fsp3) is 0.600. The normalized spacial score (nSPS) is 12.6. The highest BCUT2D eigenvalue weighted by Crippen LogP contribution is 2.16. The van der Waals surface area contributed by atoms with Crippen LogP contribution in [-0.4, -0.2) is 39.5 Å². The van der Waals surface area contributed by atoms with E-state index in [9.17, 15) is 4.39 Å². The molecule has 0 aromatic heterocycles. The van der Waals surface area contributed by atoms with Crippen molar-refractivity contribution in [1.29, 1.82) is 0 Å². The summed E-state index contributed by atoms with van der Waals surface area (Å²) in [6.45, 7) is 4.86. The molecule has 5 heteroatoms. The number of rotatable bonds is 10. The summed E-state index contributed by atoms with van der Waals surface area (Å²) in [6, 6.07) is 5.30. The third-order valence-corrected chi connectivity index (χ3v) is 3.40. The first-order valence-corrected chi connectivity index (χ1v) is 7.70. The summed E-state index contributed by atoms with van der Waals surface area (Å²) >= 11 is 3.32. The number of hydrogen-bond acceptors (Lipinski definition) is 3. The third-order valence-electron chi connectivity index (χ3n) is 2.94. The van der Waals surface area contributed by atoms with Crippen LogP contribution in [0.2, 0.25) is 0 Å². The first-order chi connectivity index (χ1) is 9.65. The molecule has 1 unspecified atom stereocenters. The van der Waals surface area contributed by atoms with Crippen LogP contribution >= 0.6 is 15.9 Å². The average molecular weight is 348 g/mol. The van der Waals surface area contributed by atoms with Gasteiger partial charge in [0, 0.05) is 24.2 Å². The number of likely N-dealkylation sites (N-methyl/N-ethyl adjacent to an activating group) is 1. The molecule has 0 radical (unpaired) electrons. The molecule has 0 aliphatic heterocycles. The van der Waals surface area contributed by atoms with Gasteiger partial charge in [0.05, 0.1) is 13.2 Å². The van der Waals surface area contributed by atoms with E-state index in [0.717, 1.165) is 29.4 Å². The van der Waals surface area contributed by atoms with Gasteiger partial charge in [-0.25, -0.2) is 4.39 Å². The summed E-state index contributed by atoms with van der Waals surface area (Å²) in [6.07, 6.45) is 1.68. The highest BCUT2D eigenvalue weighted by atomic mass is 79.9. The van der Waals surface area contributed by atoms with Crippen LogP contribution in [0.5, 0.6) is 0 Å². The first-order valence-electron chi connectivity index (χ1n) is 6.90. The Morgan fingerprint density at radius 1 is 1.25 bits per heavy atom. The van der Waals surface area contributed by atoms with Gasteiger partial charge in [0.15, 0.2) is 0 Å². The Balaban J connectivity index is 2.44. The topological polar surface area (TPSA) is 30.5 Å². The Morgan fingerprint density at radius 2 is 2.05 bits per heavy atom. The fourth-order valence-electron chi connectivity index (χ4n) is 2.05. The summed E-state index contributed by atoms with van der Waals surface area (Å²) in [7, 11) is 1.66. The molecule has 0 saturated heterocycles. The van der Waals surface area contributed by atoms with Crippen LogP contribution in [-0.2, 0) is 15.9 Å². The lowest BCUT2D eigenvalue weighted by molar-refractivity contribution is 0.0659. The number of benzene rings is 1. The van der Waals surface area contributed by atoms with Crippen molar-refractivity contribution in [3.8, 4) is 0 Å². The minimum atomic E-state index is -0.207. The van der Waals surface area contributed by atoms with Crippen molar-refractivity contribution in [3.63, 3.8) is 0 Å². The quantitative estimate of drug-likeness (QED) is 0.659. The number of ether oxygens (including phenoxy) is 2. The van der Waals surface area contributed by atoms with Crippen molar-refractivity contribution in [1.82, 2.24) is 5.32 Å². The molecule has 0 bridgehead atoms. The molecule has 0 spiro atoms. The predicted octanol–water partition coefficient (Wildman–Crippen LogP) is 3.16. The van der Waals surface area contributed by atoms with Gasteiger partial charge in [-0.3, -0.25) is 0 Å². The number of hydrogen-bond donors (Lipinski definition) is 1. The summed E-state index contributed by atoms with van der Waals surface area (Å²) < 4.78 is 24.6. The van der Waals surface area contributed by atoms with Crippen molar-refractivity contribution in [2.45, 2.75) is 25.8 Å². The summed E-state index contributed by atoms with van der Waals surface area (Å²) in [5.41, 5.74) is 0.986. The van der Waals surface area contributed by atoms with Crippen molar-refractivity contribution >= 4 is 15.9 Å². The van der Waals surface area contributed by atoms with E-state index >= 15 is 0 Å². The average Bonchev–Trinajstić information content (AvgIpc) is 2.37. The Hall–Kier alpha value is -0.490. The van der Waals surface area contributed by atoms with Crippen molar-refractivity contribution in [3.05, 3.63) is 34.1 Å².